The van der Waals surface area contributed by atoms with Gasteiger partial charge < -0.3 is 14.4 Å². The van der Waals surface area contributed by atoms with Crippen LogP contribution in [-0.2, 0) is 9.53 Å². The molecule has 0 aliphatic carbocycles. The maximum absolute atomic E-state index is 13.5. The zero-order valence-electron chi connectivity index (χ0n) is 13.7. The fourth-order valence-electron chi connectivity index (χ4n) is 3.36. The van der Waals surface area contributed by atoms with E-state index in [0.717, 1.165) is 38.4 Å². The average Bonchev–Trinajstić information content (AvgIpc) is 2.96. The number of halogens is 2. The van der Waals surface area contributed by atoms with Crippen LogP contribution in [0.1, 0.15) is 6.92 Å². The number of nitrogens with zero attached hydrogens (tertiary/aromatic N) is 2. The smallest absolute Gasteiger partial charge is 0.260 e. The van der Waals surface area contributed by atoms with E-state index < -0.39 is 11.6 Å². The molecule has 0 spiro atoms. The first-order valence-corrected chi connectivity index (χ1v) is 8.22. The summed E-state index contributed by atoms with van der Waals surface area (Å²) in [6, 6.07) is 3.36. The Bertz CT molecular complexity index is 593. The monoisotopic (exact) mass is 340 g/mol. The van der Waals surface area contributed by atoms with E-state index in [4.69, 9.17) is 9.47 Å². The predicted octanol–water partition coefficient (Wildman–Crippen LogP) is 1.52. The second-order valence-corrected chi connectivity index (χ2v) is 6.36. The van der Waals surface area contributed by atoms with Gasteiger partial charge in [0, 0.05) is 38.3 Å². The van der Waals surface area contributed by atoms with Crippen molar-refractivity contribution in [2.75, 3.05) is 46.0 Å². The second-order valence-electron chi connectivity index (χ2n) is 6.36. The van der Waals surface area contributed by atoms with E-state index in [0.29, 0.717) is 25.0 Å². The quantitative estimate of drug-likeness (QED) is 0.834. The summed E-state index contributed by atoms with van der Waals surface area (Å²) in [5.41, 5.74) is 0. The van der Waals surface area contributed by atoms with Crippen LogP contribution in [0.25, 0.3) is 0 Å². The lowest BCUT2D eigenvalue weighted by Gasteiger charge is -2.33. The predicted molar refractivity (Wildman–Crippen MR) is 83.8 cm³/mol. The van der Waals surface area contributed by atoms with Crippen LogP contribution in [0.15, 0.2) is 18.2 Å². The number of morpholine rings is 1. The first kappa shape index (κ1) is 17.1. The van der Waals surface area contributed by atoms with Crippen LogP contribution in [0.3, 0.4) is 0 Å². The van der Waals surface area contributed by atoms with Crippen molar-refractivity contribution in [1.82, 2.24) is 9.80 Å². The molecule has 0 radical (unpaired) electrons. The van der Waals surface area contributed by atoms with Crippen molar-refractivity contribution in [3.05, 3.63) is 29.8 Å². The minimum absolute atomic E-state index is 0.110. The second kappa shape index (κ2) is 7.44. The van der Waals surface area contributed by atoms with Gasteiger partial charge in [-0.2, -0.15) is 0 Å². The van der Waals surface area contributed by atoms with Gasteiger partial charge in [-0.05, 0) is 18.1 Å². The molecule has 7 heteroatoms. The van der Waals surface area contributed by atoms with Crippen LogP contribution >= 0.6 is 0 Å². The molecular formula is C17H22F2N2O3. The third-order valence-corrected chi connectivity index (χ3v) is 4.69. The Kier molecular flexibility index (Phi) is 5.30. The van der Waals surface area contributed by atoms with E-state index in [1.807, 2.05) is 0 Å². The van der Waals surface area contributed by atoms with Crippen LogP contribution in [-0.4, -0.2) is 67.7 Å². The summed E-state index contributed by atoms with van der Waals surface area (Å²) in [5.74, 6) is -1.39. The minimum Gasteiger partial charge on any atom is -0.481 e. The number of amides is 1. The Hall–Kier alpha value is -1.73. The lowest BCUT2D eigenvalue weighted by atomic mass is 10.0. The maximum Gasteiger partial charge on any atom is 0.260 e. The van der Waals surface area contributed by atoms with Gasteiger partial charge in [0.15, 0.2) is 18.2 Å². The molecule has 0 aromatic heterocycles. The lowest BCUT2D eigenvalue weighted by molar-refractivity contribution is -0.132. The molecular weight excluding hydrogens is 318 g/mol. The Morgan fingerprint density at radius 3 is 2.75 bits per heavy atom. The largest absolute Gasteiger partial charge is 0.481 e. The topological polar surface area (TPSA) is 42.0 Å². The number of carbonyl (C=O) groups is 1. The molecule has 1 aromatic rings. The number of ether oxygens (including phenoxy) is 2. The van der Waals surface area contributed by atoms with Crippen molar-refractivity contribution >= 4 is 5.91 Å². The number of likely N-dealkylation sites (tertiary alicyclic amines) is 1. The van der Waals surface area contributed by atoms with Crippen molar-refractivity contribution in [2.24, 2.45) is 5.92 Å². The number of hydrogen-bond acceptors (Lipinski definition) is 4. The van der Waals surface area contributed by atoms with Gasteiger partial charge in [-0.1, -0.05) is 6.92 Å². The molecule has 132 valence electrons. The van der Waals surface area contributed by atoms with Gasteiger partial charge in [-0.3, -0.25) is 9.69 Å². The molecule has 2 atom stereocenters. The van der Waals surface area contributed by atoms with E-state index in [-0.39, 0.29) is 18.3 Å². The van der Waals surface area contributed by atoms with Crippen LogP contribution in [0.4, 0.5) is 8.78 Å². The maximum atomic E-state index is 13.5. The summed E-state index contributed by atoms with van der Waals surface area (Å²) in [7, 11) is 0. The minimum atomic E-state index is -0.802. The SMILES string of the molecule is CC1CN(C(=O)COc2ccc(F)cc2F)CC1N1CCOCC1. The van der Waals surface area contributed by atoms with Crippen molar-refractivity contribution in [2.45, 2.75) is 13.0 Å². The van der Waals surface area contributed by atoms with Gasteiger partial charge in [-0.25, -0.2) is 8.78 Å². The third kappa shape index (κ3) is 3.84. The molecule has 2 aliphatic rings. The molecule has 0 bridgehead atoms. The van der Waals surface area contributed by atoms with Gasteiger partial charge >= 0.3 is 0 Å². The fraction of sp³-hybridized carbons (Fsp3) is 0.588. The van der Waals surface area contributed by atoms with E-state index >= 15 is 0 Å². The highest BCUT2D eigenvalue weighted by Crippen LogP contribution is 2.23. The van der Waals surface area contributed by atoms with Crippen molar-refractivity contribution in [1.29, 1.82) is 0 Å². The summed E-state index contributed by atoms with van der Waals surface area (Å²) in [6.07, 6.45) is 0. The highest BCUT2D eigenvalue weighted by molar-refractivity contribution is 5.78. The highest BCUT2D eigenvalue weighted by atomic mass is 19.1. The van der Waals surface area contributed by atoms with Crippen LogP contribution < -0.4 is 4.74 Å². The molecule has 0 saturated carbocycles. The summed E-state index contributed by atoms with van der Waals surface area (Å²) in [5, 5.41) is 0. The van der Waals surface area contributed by atoms with E-state index in [1.165, 1.54) is 6.07 Å². The third-order valence-electron chi connectivity index (χ3n) is 4.69. The summed E-state index contributed by atoms with van der Waals surface area (Å²) in [4.78, 5) is 16.5. The number of hydrogen-bond donors (Lipinski definition) is 0. The van der Waals surface area contributed by atoms with Crippen molar-refractivity contribution in [3.63, 3.8) is 0 Å². The molecule has 5 nitrogen and oxygen atoms in total. The molecule has 2 fully saturated rings. The molecule has 1 amide bonds. The van der Waals surface area contributed by atoms with Crippen LogP contribution in [0, 0.1) is 17.6 Å². The summed E-state index contributed by atoms with van der Waals surface area (Å²) in [6.45, 7) is 6.42. The molecule has 2 saturated heterocycles. The zero-order valence-corrected chi connectivity index (χ0v) is 13.7. The number of rotatable bonds is 4. The molecule has 24 heavy (non-hydrogen) atoms. The molecule has 2 heterocycles. The van der Waals surface area contributed by atoms with Crippen LogP contribution in [0.5, 0.6) is 5.75 Å². The van der Waals surface area contributed by atoms with Gasteiger partial charge in [0.1, 0.15) is 5.82 Å². The Morgan fingerprint density at radius 1 is 1.29 bits per heavy atom. The first-order valence-electron chi connectivity index (χ1n) is 8.22. The van der Waals surface area contributed by atoms with Gasteiger partial charge in [0.05, 0.1) is 13.2 Å². The van der Waals surface area contributed by atoms with E-state index in [1.54, 1.807) is 4.90 Å². The van der Waals surface area contributed by atoms with E-state index in [2.05, 4.69) is 11.8 Å². The summed E-state index contributed by atoms with van der Waals surface area (Å²) >= 11 is 0. The van der Waals surface area contributed by atoms with E-state index in [9.17, 15) is 13.6 Å². The van der Waals surface area contributed by atoms with Crippen molar-refractivity contribution in [3.8, 4) is 5.75 Å². The van der Waals surface area contributed by atoms with Gasteiger partial charge in [0.25, 0.3) is 5.91 Å². The highest BCUT2D eigenvalue weighted by Gasteiger charge is 2.36. The summed E-state index contributed by atoms with van der Waals surface area (Å²) < 4.78 is 37.0. The van der Waals surface area contributed by atoms with Crippen molar-refractivity contribution < 1.29 is 23.0 Å². The Labute approximate surface area is 140 Å². The molecule has 3 rings (SSSR count). The van der Waals surface area contributed by atoms with Crippen LogP contribution in [0.2, 0.25) is 0 Å². The lowest BCUT2D eigenvalue weighted by Crippen LogP contribution is -2.47. The molecule has 2 aliphatic heterocycles. The normalized spacial score (nSPS) is 25.0. The number of benzene rings is 1. The van der Waals surface area contributed by atoms with Gasteiger partial charge in [-0.15, -0.1) is 0 Å². The van der Waals surface area contributed by atoms with Gasteiger partial charge in [0.2, 0.25) is 0 Å². The fourth-order valence-corrected chi connectivity index (χ4v) is 3.36. The average molecular weight is 340 g/mol. The number of carbonyl (C=O) groups excluding carboxylic acids is 1. The Balaban J connectivity index is 1.53. The Morgan fingerprint density at radius 2 is 2.04 bits per heavy atom. The molecule has 2 unspecified atom stereocenters. The molecule has 1 aromatic carbocycles. The molecule has 0 N–H and O–H groups in total. The first-order chi connectivity index (χ1) is 11.5. The standard InChI is InChI=1S/C17H22F2N2O3/c1-12-9-21(10-15(12)20-4-6-23-7-5-20)17(22)11-24-16-3-2-13(18)8-14(16)19/h2-3,8,12,15H,4-7,9-11H2,1H3. The zero-order chi connectivity index (χ0) is 17.1.